The maximum atomic E-state index is 11.6. The van der Waals surface area contributed by atoms with Crippen LogP contribution in [0.15, 0.2) is 41.8 Å². The summed E-state index contributed by atoms with van der Waals surface area (Å²) in [7, 11) is 0. The number of urea groups is 1. The first-order valence-electron chi connectivity index (χ1n) is 6.83. The minimum absolute atomic E-state index is 0.0887. The highest BCUT2D eigenvalue weighted by Gasteiger charge is 2.00. The molecule has 0 saturated carbocycles. The first kappa shape index (κ1) is 14.6. The molecule has 0 aliphatic rings. The summed E-state index contributed by atoms with van der Waals surface area (Å²) >= 11 is 1.72. The molecule has 0 unspecified atom stereocenters. The van der Waals surface area contributed by atoms with Crippen molar-refractivity contribution in [3.8, 4) is 0 Å². The van der Waals surface area contributed by atoms with Gasteiger partial charge < -0.3 is 10.6 Å². The first-order chi connectivity index (χ1) is 9.74. The van der Waals surface area contributed by atoms with Crippen molar-refractivity contribution in [2.24, 2.45) is 0 Å². The summed E-state index contributed by atoms with van der Waals surface area (Å²) < 4.78 is 0. The van der Waals surface area contributed by atoms with Gasteiger partial charge in [0.15, 0.2) is 0 Å². The van der Waals surface area contributed by atoms with Gasteiger partial charge in [0.1, 0.15) is 0 Å². The number of aryl methyl sites for hydroxylation is 1. The Kier molecular flexibility index (Phi) is 5.62. The summed E-state index contributed by atoms with van der Waals surface area (Å²) in [5, 5.41) is 7.81. The van der Waals surface area contributed by atoms with E-state index in [2.05, 4.69) is 47.2 Å². The highest BCUT2D eigenvalue weighted by Crippen LogP contribution is 2.08. The van der Waals surface area contributed by atoms with E-state index >= 15 is 0 Å². The third kappa shape index (κ3) is 5.05. The molecule has 0 aliphatic carbocycles. The van der Waals surface area contributed by atoms with Crippen LogP contribution in [-0.4, -0.2) is 19.1 Å². The SMILES string of the molecule is Cc1cccc(CCNC(=O)NCCc2cccs2)c1. The second-order valence-electron chi connectivity index (χ2n) is 4.75. The fraction of sp³-hybridized carbons (Fsp3) is 0.312. The van der Waals surface area contributed by atoms with E-state index in [0.717, 1.165) is 12.8 Å². The number of thiophene rings is 1. The summed E-state index contributed by atoms with van der Waals surface area (Å²) in [5.41, 5.74) is 2.51. The number of benzene rings is 1. The molecule has 2 aromatic rings. The molecule has 20 heavy (non-hydrogen) atoms. The van der Waals surface area contributed by atoms with Crippen LogP contribution in [0, 0.1) is 6.92 Å². The van der Waals surface area contributed by atoms with Gasteiger partial charge >= 0.3 is 6.03 Å². The Hall–Kier alpha value is -1.81. The van der Waals surface area contributed by atoms with Crippen molar-refractivity contribution in [3.63, 3.8) is 0 Å². The van der Waals surface area contributed by atoms with Gasteiger partial charge in [-0.2, -0.15) is 0 Å². The Morgan fingerprint density at radius 3 is 2.60 bits per heavy atom. The van der Waals surface area contributed by atoms with Crippen LogP contribution in [0.5, 0.6) is 0 Å². The number of carbonyl (C=O) groups excluding carboxylic acids is 1. The predicted molar refractivity (Wildman–Crippen MR) is 84.3 cm³/mol. The first-order valence-corrected chi connectivity index (χ1v) is 7.71. The van der Waals surface area contributed by atoms with Gasteiger partial charge in [0.2, 0.25) is 0 Å². The summed E-state index contributed by atoms with van der Waals surface area (Å²) in [5.74, 6) is 0. The normalized spacial score (nSPS) is 10.2. The molecule has 0 radical (unpaired) electrons. The van der Waals surface area contributed by atoms with Crippen molar-refractivity contribution in [2.75, 3.05) is 13.1 Å². The van der Waals surface area contributed by atoms with Crippen LogP contribution in [0.1, 0.15) is 16.0 Å². The molecule has 2 N–H and O–H groups in total. The number of hydrogen-bond acceptors (Lipinski definition) is 2. The van der Waals surface area contributed by atoms with Gasteiger partial charge in [-0.3, -0.25) is 0 Å². The van der Waals surface area contributed by atoms with E-state index in [0.29, 0.717) is 13.1 Å². The summed E-state index contributed by atoms with van der Waals surface area (Å²) in [6, 6.07) is 12.4. The Morgan fingerprint density at radius 1 is 1.10 bits per heavy atom. The van der Waals surface area contributed by atoms with Crippen LogP contribution in [0.2, 0.25) is 0 Å². The zero-order valence-electron chi connectivity index (χ0n) is 11.7. The molecule has 2 rings (SSSR count). The van der Waals surface area contributed by atoms with Gasteiger partial charge in [-0.25, -0.2) is 4.79 Å². The van der Waals surface area contributed by atoms with E-state index in [1.54, 1.807) is 11.3 Å². The largest absolute Gasteiger partial charge is 0.338 e. The van der Waals surface area contributed by atoms with Gasteiger partial charge in [0, 0.05) is 18.0 Å². The Bertz CT molecular complexity index is 537. The fourth-order valence-electron chi connectivity index (χ4n) is 2.00. The van der Waals surface area contributed by atoms with Crippen LogP contribution in [0.4, 0.5) is 4.79 Å². The predicted octanol–water partition coefficient (Wildman–Crippen LogP) is 3.14. The van der Waals surface area contributed by atoms with E-state index < -0.39 is 0 Å². The molecule has 2 amide bonds. The summed E-state index contributed by atoms with van der Waals surface area (Å²) in [6.45, 7) is 3.42. The van der Waals surface area contributed by atoms with Crippen molar-refractivity contribution >= 4 is 17.4 Å². The second kappa shape index (κ2) is 7.70. The average molecular weight is 288 g/mol. The Labute approximate surface area is 124 Å². The van der Waals surface area contributed by atoms with Crippen molar-refractivity contribution in [2.45, 2.75) is 19.8 Å². The van der Waals surface area contributed by atoms with Crippen molar-refractivity contribution in [1.29, 1.82) is 0 Å². The lowest BCUT2D eigenvalue weighted by atomic mass is 10.1. The molecule has 1 aromatic carbocycles. The smallest absolute Gasteiger partial charge is 0.314 e. The Balaban J connectivity index is 1.60. The van der Waals surface area contributed by atoms with Gasteiger partial charge in [0.05, 0.1) is 0 Å². The minimum atomic E-state index is -0.0887. The second-order valence-corrected chi connectivity index (χ2v) is 5.78. The van der Waals surface area contributed by atoms with E-state index in [-0.39, 0.29) is 6.03 Å². The van der Waals surface area contributed by atoms with Crippen LogP contribution in [0.25, 0.3) is 0 Å². The molecule has 0 atom stereocenters. The highest BCUT2D eigenvalue weighted by atomic mass is 32.1. The quantitative estimate of drug-likeness (QED) is 0.842. The van der Waals surface area contributed by atoms with E-state index in [4.69, 9.17) is 0 Å². The molecular weight excluding hydrogens is 268 g/mol. The van der Waals surface area contributed by atoms with Crippen LogP contribution in [-0.2, 0) is 12.8 Å². The molecule has 0 saturated heterocycles. The van der Waals surface area contributed by atoms with Crippen LogP contribution < -0.4 is 10.6 Å². The summed E-state index contributed by atoms with van der Waals surface area (Å²) in [6.07, 6.45) is 1.75. The maximum Gasteiger partial charge on any atom is 0.314 e. The third-order valence-corrected chi connectivity index (χ3v) is 3.95. The topological polar surface area (TPSA) is 41.1 Å². The van der Waals surface area contributed by atoms with Crippen LogP contribution >= 0.6 is 11.3 Å². The van der Waals surface area contributed by atoms with Gasteiger partial charge in [0.25, 0.3) is 0 Å². The third-order valence-electron chi connectivity index (χ3n) is 3.02. The molecule has 0 spiro atoms. The molecule has 0 aliphatic heterocycles. The maximum absolute atomic E-state index is 11.6. The van der Waals surface area contributed by atoms with Crippen molar-refractivity contribution < 1.29 is 4.79 Å². The fourth-order valence-corrected chi connectivity index (χ4v) is 2.71. The Morgan fingerprint density at radius 2 is 1.90 bits per heavy atom. The molecule has 3 nitrogen and oxygen atoms in total. The van der Waals surface area contributed by atoms with Crippen molar-refractivity contribution in [3.05, 3.63) is 57.8 Å². The number of rotatable bonds is 6. The highest BCUT2D eigenvalue weighted by molar-refractivity contribution is 7.09. The summed E-state index contributed by atoms with van der Waals surface area (Å²) in [4.78, 5) is 12.9. The van der Waals surface area contributed by atoms with Gasteiger partial charge in [-0.1, -0.05) is 35.9 Å². The van der Waals surface area contributed by atoms with Crippen molar-refractivity contribution in [1.82, 2.24) is 10.6 Å². The minimum Gasteiger partial charge on any atom is -0.338 e. The lowest BCUT2D eigenvalue weighted by molar-refractivity contribution is 0.241. The molecule has 0 bridgehead atoms. The zero-order chi connectivity index (χ0) is 14.2. The molecule has 1 heterocycles. The molecule has 4 heteroatoms. The number of amides is 2. The molecule has 0 fully saturated rings. The van der Waals surface area contributed by atoms with Gasteiger partial charge in [-0.15, -0.1) is 11.3 Å². The number of carbonyl (C=O) groups is 1. The number of hydrogen-bond donors (Lipinski definition) is 2. The average Bonchev–Trinajstić information content (AvgIpc) is 2.92. The van der Waals surface area contributed by atoms with E-state index in [1.165, 1.54) is 16.0 Å². The standard InChI is InChI=1S/C16H20N2OS/c1-13-4-2-5-14(12-13)7-9-17-16(19)18-10-8-15-6-3-11-20-15/h2-6,11-12H,7-10H2,1H3,(H2,17,18,19). The zero-order valence-corrected chi connectivity index (χ0v) is 12.5. The van der Waals surface area contributed by atoms with E-state index in [1.807, 2.05) is 12.1 Å². The monoisotopic (exact) mass is 288 g/mol. The molecular formula is C16H20N2OS. The lowest BCUT2D eigenvalue weighted by Gasteiger charge is -2.07. The van der Waals surface area contributed by atoms with E-state index in [9.17, 15) is 4.79 Å². The molecule has 106 valence electrons. The number of nitrogens with one attached hydrogen (secondary N) is 2. The molecule has 1 aromatic heterocycles. The van der Waals surface area contributed by atoms with Gasteiger partial charge in [-0.05, 0) is 36.8 Å². The van der Waals surface area contributed by atoms with Crippen LogP contribution in [0.3, 0.4) is 0 Å². The lowest BCUT2D eigenvalue weighted by Crippen LogP contribution is -2.37.